The molecule has 0 bridgehead atoms. The van der Waals surface area contributed by atoms with Crippen LogP contribution < -0.4 is 11.0 Å². The molecule has 2 heterocycles. The molecule has 0 radical (unpaired) electrons. The van der Waals surface area contributed by atoms with Crippen LogP contribution in [-0.4, -0.2) is 22.3 Å². The van der Waals surface area contributed by atoms with E-state index in [1.165, 1.54) is 58.7 Å². The van der Waals surface area contributed by atoms with Gasteiger partial charge in [0.05, 0.1) is 13.2 Å². The molecule has 1 saturated heterocycles. The highest BCUT2D eigenvalue weighted by Crippen LogP contribution is 2.44. The van der Waals surface area contributed by atoms with E-state index in [1.54, 1.807) is 12.1 Å². The maximum absolute atomic E-state index is 15.1. The third kappa shape index (κ3) is 3.40. The van der Waals surface area contributed by atoms with Crippen LogP contribution in [0.3, 0.4) is 0 Å². The van der Waals surface area contributed by atoms with E-state index in [0.717, 1.165) is 0 Å². The first-order valence-corrected chi connectivity index (χ1v) is 9.27. The zero-order chi connectivity index (χ0) is 21.3. The van der Waals surface area contributed by atoms with Crippen molar-refractivity contribution in [3.05, 3.63) is 105 Å². The molecule has 0 aliphatic carbocycles. The maximum Gasteiger partial charge on any atom is 0.287 e. The molecule has 1 unspecified atom stereocenters. The highest BCUT2D eigenvalue weighted by molar-refractivity contribution is 5.93. The molecule has 2 N–H and O–H groups in total. The lowest BCUT2D eigenvalue weighted by Crippen LogP contribution is -2.44. The number of hydrogen-bond acceptors (Lipinski definition) is 4. The Kier molecular flexibility index (Phi) is 5.19. The van der Waals surface area contributed by atoms with Crippen LogP contribution in [0.5, 0.6) is 0 Å². The summed E-state index contributed by atoms with van der Waals surface area (Å²) >= 11 is 0. The van der Waals surface area contributed by atoms with E-state index < -0.39 is 28.7 Å². The predicted octanol–water partition coefficient (Wildman–Crippen LogP) is 2.96. The van der Waals surface area contributed by atoms with Gasteiger partial charge in [-0.3, -0.25) is 14.8 Å². The van der Waals surface area contributed by atoms with E-state index in [1.807, 2.05) is 0 Å². The van der Waals surface area contributed by atoms with E-state index in [4.69, 9.17) is 9.94 Å². The van der Waals surface area contributed by atoms with Crippen molar-refractivity contribution < 1.29 is 23.5 Å². The number of aromatic nitrogens is 1. The standard InChI is InChI=1S/C22H18F2N2O4/c23-17-7-5-16(6-8-17)22(10-12-30-22)18-9-11-26(21(28)19(18)24)13-14-1-3-15(4-2-14)20(27)25-29/h1-9,11,29H,10,12-13H2,(H,25,27). The van der Waals surface area contributed by atoms with Crippen LogP contribution in [0.2, 0.25) is 0 Å². The Bertz CT molecular complexity index is 1140. The van der Waals surface area contributed by atoms with Crippen molar-refractivity contribution in [3.8, 4) is 0 Å². The minimum atomic E-state index is -1.10. The molecule has 6 nitrogen and oxygen atoms in total. The normalized spacial score (nSPS) is 18.0. The molecule has 0 saturated carbocycles. The largest absolute Gasteiger partial charge is 0.365 e. The summed E-state index contributed by atoms with van der Waals surface area (Å²) in [5.41, 5.74) is 1.26. The highest BCUT2D eigenvalue weighted by atomic mass is 19.1. The molecular formula is C22H18F2N2O4. The molecular weight excluding hydrogens is 394 g/mol. The van der Waals surface area contributed by atoms with Crippen LogP contribution in [0, 0.1) is 11.6 Å². The van der Waals surface area contributed by atoms with Gasteiger partial charge in [-0.1, -0.05) is 24.3 Å². The number of amides is 1. The molecule has 1 aromatic heterocycles. The smallest absolute Gasteiger partial charge is 0.287 e. The summed E-state index contributed by atoms with van der Waals surface area (Å²) in [5, 5.41) is 8.66. The molecule has 1 atom stereocenters. The van der Waals surface area contributed by atoms with Crippen molar-refractivity contribution in [2.45, 2.75) is 18.6 Å². The molecule has 30 heavy (non-hydrogen) atoms. The molecule has 154 valence electrons. The fourth-order valence-electron chi connectivity index (χ4n) is 3.63. The lowest BCUT2D eigenvalue weighted by molar-refractivity contribution is -0.125. The molecule has 4 rings (SSSR count). The van der Waals surface area contributed by atoms with Gasteiger partial charge in [0.15, 0.2) is 5.82 Å². The number of halogens is 2. The van der Waals surface area contributed by atoms with Gasteiger partial charge in [-0.15, -0.1) is 0 Å². The fraction of sp³-hybridized carbons (Fsp3) is 0.182. The molecule has 2 aromatic carbocycles. The monoisotopic (exact) mass is 412 g/mol. The average Bonchev–Trinajstić information content (AvgIpc) is 2.73. The first-order valence-electron chi connectivity index (χ1n) is 9.27. The lowest BCUT2D eigenvalue weighted by Gasteiger charge is -2.42. The van der Waals surface area contributed by atoms with Crippen molar-refractivity contribution in [3.63, 3.8) is 0 Å². The average molecular weight is 412 g/mol. The Morgan fingerprint density at radius 1 is 1.10 bits per heavy atom. The van der Waals surface area contributed by atoms with Crippen LogP contribution >= 0.6 is 0 Å². The van der Waals surface area contributed by atoms with Crippen molar-refractivity contribution in [2.75, 3.05) is 6.61 Å². The minimum absolute atomic E-state index is 0.0987. The Morgan fingerprint density at radius 3 is 2.33 bits per heavy atom. The number of ether oxygens (including phenoxy) is 1. The van der Waals surface area contributed by atoms with Crippen molar-refractivity contribution in [2.24, 2.45) is 0 Å². The zero-order valence-electron chi connectivity index (χ0n) is 15.8. The van der Waals surface area contributed by atoms with E-state index >= 15 is 4.39 Å². The third-order valence-corrected chi connectivity index (χ3v) is 5.33. The van der Waals surface area contributed by atoms with Crippen molar-refractivity contribution >= 4 is 5.91 Å². The number of hydroxylamine groups is 1. The summed E-state index contributed by atoms with van der Waals surface area (Å²) in [5.74, 6) is -1.98. The number of benzene rings is 2. The number of carbonyl (C=O) groups is 1. The number of rotatable bonds is 5. The molecule has 0 spiro atoms. The van der Waals surface area contributed by atoms with Crippen LogP contribution in [0.15, 0.2) is 65.6 Å². The van der Waals surface area contributed by atoms with E-state index in [0.29, 0.717) is 24.2 Å². The Balaban J connectivity index is 1.64. The molecule has 3 aromatic rings. The Morgan fingerprint density at radius 2 is 1.77 bits per heavy atom. The molecule has 1 aliphatic heterocycles. The summed E-state index contributed by atoms with van der Waals surface area (Å²) in [6.45, 7) is 0.509. The van der Waals surface area contributed by atoms with Crippen LogP contribution in [0.1, 0.15) is 33.5 Å². The molecule has 8 heteroatoms. The van der Waals surface area contributed by atoms with Gasteiger partial charge >= 0.3 is 0 Å². The van der Waals surface area contributed by atoms with Gasteiger partial charge in [0.25, 0.3) is 11.5 Å². The molecule has 1 aliphatic rings. The number of nitrogens with zero attached hydrogens (tertiary/aromatic N) is 1. The van der Waals surface area contributed by atoms with Gasteiger partial charge in [0.1, 0.15) is 11.4 Å². The minimum Gasteiger partial charge on any atom is -0.365 e. The predicted molar refractivity (Wildman–Crippen MR) is 103 cm³/mol. The van der Waals surface area contributed by atoms with Gasteiger partial charge in [-0.05, 0) is 41.5 Å². The third-order valence-electron chi connectivity index (χ3n) is 5.33. The maximum atomic E-state index is 15.1. The SMILES string of the molecule is O=C(NO)c1ccc(Cn2ccc(C3(c4ccc(F)cc4)CCO3)c(F)c2=O)cc1. The Hall–Kier alpha value is -3.36. The van der Waals surface area contributed by atoms with E-state index in [-0.39, 0.29) is 17.7 Å². The second kappa shape index (κ2) is 7.81. The molecule has 1 amide bonds. The quantitative estimate of drug-likeness (QED) is 0.499. The van der Waals surface area contributed by atoms with Crippen molar-refractivity contribution in [1.82, 2.24) is 10.0 Å². The van der Waals surface area contributed by atoms with Gasteiger partial charge in [0.2, 0.25) is 0 Å². The number of carbonyl (C=O) groups excluding carboxylic acids is 1. The van der Waals surface area contributed by atoms with Gasteiger partial charge in [-0.25, -0.2) is 14.3 Å². The highest BCUT2D eigenvalue weighted by Gasteiger charge is 2.44. The van der Waals surface area contributed by atoms with Crippen LogP contribution in [0.25, 0.3) is 0 Å². The summed E-state index contributed by atoms with van der Waals surface area (Å²) < 4.78 is 35.3. The first-order chi connectivity index (χ1) is 14.4. The summed E-state index contributed by atoms with van der Waals surface area (Å²) in [6, 6.07) is 13.3. The van der Waals surface area contributed by atoms with Gasteiger partial charge < -0.3 is 9.30 Å². The van der Waals surface area contributed by atoms with Crippen LogP contribution in [0.4, 0.5) is 8.78 Å². The van der Waals surface area contributed by atoms with Crippen LogP contribution in [-0.2, 0) is 16.9 Å². The van der Waals surface area contributed by atoms with Gasteiger partial charge in [-0.2, -0.15) is 0 Å². The van der Waals surface area contributed by atoms with Crippen molar-refractivity contribution in [1.29, 1.82) is 0 Å². The second-order valence-electron chi connectivity index (χ2n) is 7.05. The summed E-state index contributed by atoms with van der Waals surface area (Å²) in [7, 11) is 0. The fourth-order valence-corrected chi connectivity index (χ4v) is 3.63. The lowest BCUT2D eigenvalue weighted by atomic mass is 9.80. The zero-order valence-corrected chi connectivity index (χ0v) is 15.8. The van der Waals surface area contributed by atoms with E-state index in [9.17, 15) is 14.0 Å². The van der Waals surface area contributed by atoms with Gasteiger partial charge in [0, 0.05) is 23.7 Å². The number of nitrogens with one attached hydrogen (secondary N) is 1. The Labute approximate surface area is 170 Å². The summed E-state index contributed by atoms with van der Waals surface area (Å²) in [4.78, 5) is 24.0. The second-order valence-corrected chi connectivity index (χ2v) is 7.05. The summed E-state index contributed by atoms with van der Waals surface area (Å²) in [6.07, 6.45) is 1.97. The molecule has 1 fully saturated rings. The topological polar surface area (TPSA) is 80.6 Å². The number of pyridine rings is 1. The number of hydrogen-bond donors (Lipinski definition) is 2. The van der Waals surface area contributed by atoms with E-state index in [2.05, 4.69) is 0 Å². The first kappa shape index (κ1) is 19.9.